The van der Waals surface area contributed by atoms with Gasteiger partial charge in [0, 0.05) is 18.1 Å². The van der Waals surface area contributed by atoms with Crippen LogP contribution in [-0.2, 0) is 4.74 Å². The minimum absolute atomic E-state index is 0.189. The lowest BCUT2D eigenvalue weighted by molar-refractivity contribution is -0.00880. The monoisotopic (exact) mass is 228 g/mol. The van der Waals surface area contributed by atoms with E-state index in [-0.39, 0.29) is 17.7 Å². The van der Waals surface area contributed by atoms with Gasteiger partial charge < -0.3 is 15.4 Å². The van der Waals surface area contributed by atoms with Crippen LogP contribution in [0.5, 0.6) is 0 Å². The van der Waals surface area contributed by atoms with Gasteiger partial charge in [0.05, 0.1) is 0 Å². The third-order valence-electron chi connectivity index (χ3n) is 2.83. The van der Waals surface area contributed by atoms with Crippen LogP contribution in [0, 0.1) is 0 Å². The van der Waals surface area contributed by atoms with Crippen molar-refractivity contribution in [2.75, 3.05) is 6.54 Å². The third kappa shape index (κ3) is 3.37. The Morgan fingerprint density at radius 2 is 2.00 bits per heavy atom. The van der Waals surface area contributed by atoms with E-state index in [0.29, 0.717) is 6.54 Å². The average molecular weight is 228 g/mol. The zero-order chi connectivity index (χ0) is 12.6. The number of amides is 1. The van der Waals surface area contributed by atoms with Crippen LogP contribution in [0.25, 0.3) is 0 Å². The number of nitrogens with zero attached hydrogens (tertiary/aromatic N) is 1. The molecule has 1 atom stereocenters. The molecular weight excluding hydrogens is 204 g/mol. The largest absolute Gasteiger partial charge is 0.444 e. The Bertz CT molecular complexity index is 269. The Morgan fingerprint density at radius 1 is 1.44 bits per heavy atom. The lowest BCUT2D eigenvalue weighted by atomic mass is 9.88. The van der Waals surface area contributed by atoms with E-state index < -0.39 is 5.60 Å². The average Bonchev–Trinajstić information content (AvgIpc) is 1.97. The molecule has 0 aliphatic carbocycles. The summed E-state index contributed by atoms with van der Waals surface area (Å²) in [6, 6.07) is 0.189. The molecule has 4 nitrogen and oxygen atoms in total. The van der Waals surface area contributed by atoms with Gasteiger partial charge in [-0.1, -0.05) is 0 Å². The number of hydrogen-bond acceptors (Lipinski definition) is 3. The van der Waals surface area contributed by atoms with Crippen LogP contribution in [0.4, 0.5) is 4.79 Å². The SMILES string of the molecule is CC(C)(C)OC(=O)N1CC[C@@H](N)CC1(C)C. The standard InChI is InChI=1S/C12H24N2O2/c1-11(2,3)16-10(15)14-7-6-9(13)8-12(14,4)5/h9H,6-8,13H2,1-5H3/t9-/m1/s1. The normalized spacial score (nSPS) is 25.4. The summed E-state index contributed by atoms with van der Waals surface area (Å²) in [6.45, 7) is 10.4. The molecule has 0 aromatic rings. The zero-order valence-corrected chi connectivity index (χ0v) is 11.0. The molecule has 0 spiro atoms. The summed E-state index contributed by atoms with van der Waals surface area (Å²) in [4.78, 5) is 13.8. The highest BCUT2D eigenvalue weighted by molar-refractivity contribution is 5.69. The van der Waals surface area contributed by atoms with Gasteiger partial charge in [-0.2, -0.15) is 0 Å². The van der Waals surface area contributed by atoms with Crippen LogP contribution in [0.3, 0.4) is 0 Å². The molecule has 94 valence electrons. The van der Waals surface area contributed by atoms with Crippen LogP contribution in [-0.4, -0.2) is 34.7 Å². The van der Waals surface area contributed by atoms with Crippen LogP contribution in [0.15, 0.2) is 0 Å². The fourth-order valence-electron chi connectivity index (χ4n) is 2.11. The molecule has 0 radical (unpaired) electrons. The predicted octanol–water partition coefficient (Wildman–Crippen LogP) is 2.12. The second kappa shape index (κ2) is 4.24. The lowest BCUT2D eigenvalue weighted by Crippen LogP contribution is -2.56. The second-order valence-electron chi connectivity index (χ2n) is 6.20. The van der Waals surface area contributed by atoms with Gasteiger partial charge in [0.15, 0.2) is 0 Å². The molecular formula is C12H24N2O2. The first-order valence-corrected chi connectivity index (χ1v) is 5.88. The first-order valence-electron chi connectivity index (χ1n) is 5.88. The van der Waals surface area contributed by atoms with Crippen LogP contribution in [0.2, 0.25) is 0 Å². The molecule has 0 aromatic carbocycles. The molecule has 16 heavy (non-hydrogen) atoms. The number of hydrogen-bond donors (Lipinski definition) is 1. The van der Waals surface area contributed by atoms with E-state index in [4.69, 9.17) is 10.5 Å². The predicted molar refractivity (Wildman–Crippen MR) is 64.2 cm³/mol. The summed E-state index contributed by atoms with van der Waals surface area (Å²) >= 11 is 0. The number of rotatable bonds is 0. The highest BCUT2D eigenvalue weighted by Crippen LogP contribution is 2.28. The van der Waals surface area contributed by atoms with Gasteiger partial charge in [-0.3, -0.25) is 0 Å². The van der Waals surface area contributed by atoms with Crippen molar-refractivity contribution in [3.8, 4) is 0 Å². The number of carbonyl (C=O) groups is 1. The maximum atomic E-state index is 12.0. The van der Waals surface area contributed by atoms with Gasteiger partial charge in [-0.15, -0.1) is 0 Å². The molecule has 2 N–H and O–H groups in total. The second-order valence-corrected chi connectivity index (χ2v) is 6.20. The van der Waals surface area contributed by atoms with Crippen molar-refractivity contribution >= 4 is 6.09 Å². The third-order valence-corrected chi connectivity index (χ3v) is 2.83. The Hall–Kier alpha value is -0.770. The maximum absolute atomic E-state index is 12.0. The molecule has 4 heteroatoms. The molecule has 0 bridgehead atoms. The van der Waals surface area contributed by atoms with Crippen molar-refractivity contribution in [2.24, 2.45) is 5.73 Å². The Balaban J connectivity index is 2.69. The van der Waals surface area contributed by atoms with Gasteiger partial charge in [0.25, 0.3) is 0 Å². The zero-order valence-electron chi connectivity index (χ0n) is 11.0. The summed E-state index contributed by atoms with van der Waals surface area (Å²) in [6.07, 6.45) is 1.44. The van der Waals surface area contributed by atoms with Crippen LogP contribution >= 0.6 is 0 Å². The summed E-state index contributed by atoms with van der Waals surface area (Å²) in [5, 5.41) is 0. The van der Waals surface area contributed by atoms with E-state index in [1.165, 1.54) is 0 Å². The fraction of sp³-hybridized carbons (Fsp3) is 0.917. The Labute approximate surface area is 98.1 Å². The van der Waals surface area contributed by atoms with E-state index in [9.17, 15) is 4.79 Å². The summed E-state index contributed by atoms with van der Waals surface area (Å²) in [7, 11) is 0. The molecule has 0 aromatic heterocycles. The molecule has 0 saturated carbocycles. The number of nitrogens with two attached hydrogens (primary N) is 1. The van der Waals surface area contributed by atoms with E-state index in [1.807, 2.05) is 34.6 Å². The number of piperidine rings is 1. The van der Waals surface area contributed by atoms with Crippen molar-refractivity contribution in [2.45, 2.75) is 64.6 Å². The topological polar surface area (TPSA) is 55.6 Å². The fourth-order valence-corrected chi connectivity index (χ4v) is 2.11. The minimum atomic E-state index is -0.438. The van der Waals surface area contributed by atoms with Crippen LogP contribution in [0.1, 0.15) is 47.5 Å². The van der Waals surface area contributed by atoms with E-state index in [0.717, 1.165) is 12.8 Å². The first kappa shape index (κ1) is 13.3. The first-order chi connectivity index (χ1) is 7.12. The number of likely N-dealkylation sites (tertiary alicyclic amines) is 1. The molecule has 1 aliphatic rings. The van der Waals surface area contributed by atoms with Gasteiger partial charge in [0.1, 0.15) is 5.60 Å². The summed E-state index contributed by atoms with van der Waals surface area (Å²) in [5.41, 5.74) is 5.28. The smallest absolute Gasteiger partial charge is 0.410 e. The molecule has 1 heterocycles. The van der Waals surface area contributed by atoms with Crippen molar-refractivity contribution < 1.29 is 9.53 Å². The maximum Gasteiger partial charge on any atom is 0.410 e. The summed E-state index contributed by atoms with van der Waals surface area (Å²) < 4.78 is 5.39. The van der Waals surface area contributed by atoms with E-state index >= 15 is 0 Å². The quantitative estimate of drug-likeness (QED) is 0.691. The molecule has 0 unspecified atom stereocenters. The molecule has 1 aliphatic heterocycles. The lowest BCUT2D eigenvalue weighted by Gasteiger charge is -2.44. The van der Waals surface area contributed by atoms with Gasteiger partial charge in [0.2, 0.25) is 0 Å². The molecule has 1 rings (SSSR count). The molecule has 1 saturated heterocycles. The molecule has 1 fully saturated rings. The summed E-state index contributed by atoms with van der Waals surface area (Å²) in [5.74, 6) is 0. The van der Waals surface area contributed by atoms with Gasteiger partial charge in [-0.25, -0.2) is 4.79 Å². The highest BCUT2D eigenvalue weighted by Gasteiger charge is 2.38. The highest BCUT2D eigenvalue weighted by atomic mass is 16.6. The van der Waals surface area contributed by atoms with Gasteiger partial charge in [-0.05, 0) is 47.5 Å². The van der Waals surface area contributed by atoms with Gasteiger partial charge >= 0.3 is 6.09 Å². The Morgan fingerprint density at radius 3 is 2.44 bits per heavy atom. The number of carbonyl (C=O) groups excluding carboxylic acids is 1. The van der Waals surface area contributed by atoms with Crippen molar-refractivity contribution in [1.82, 2.24) is 4.90 Å². The van der Waals surface area contributed by atoms with Crippen molar-refractivity contribution in [3.63, 3.8) is 0 Å². The van der Waals surface area contributed by atoms with Crippen molar-refractivity contribution in [1.29, 1.82) is 0 Å². The van der Waals surface area contributed by atoms with E-state index in [1.54, 1.807) is 4.90 Å². The minimum Gasteiger partial charge on any atom is -0.444 e. The Kier molecular flexibility index (Phi) is 3.53. The van der Waals surface area contributed by atoms with Crippen molar-refractivity contribution in [3.05, 3.63) is 0 Å². The number of ether oxygens (including phenoxy) is 1. The van der Waals surface area contributed by atoms with Crippen LogP contribution < -0.4 is 5.73 Å². The van der Waals surface area contributed by atoms with E-state index in [2.05, 4.69) is 0 Å². The molecule has 1 amide bonds.